The average Bonchev–Trinajstić information content (AvgIpc) is 2.23. The highest BCUT2D eigenvalue weighted by Gasteiger charge is 2.22. The summed E-state index contributed by atoms with van der Waals surface area (Å²) in [5.41, 5.74) is 1.31. The number of Topliss-reactive ketones (excluding diaryl/α,β-unsaturated/α-hetero) is 1. The van der Waals surface area contributed by atoms with Crippen LogP contribution in [0.5, 0.6) is 0 Å². The van der Waals surface area contributed by atoms with E-state index in [1.807, 2.05) is 0 Å². The van der Waals surface area contributed by atoms with Gasteiger partial charge in [0.25, 0.3) is 0 Å². The summed E-state index contributed by atoms with van der Waals surface area (Å²) in [4.78, 5) is 23.2. The molecule has 68 valence electrons. The van der Waals surface area contributed by atoms with Crippen molar-refractivity contribution in [3.8, 4) is 0 Å². The van der Waals surface area contributed by atoms with Crippen molar-refractivity contribution in [2.24, 2.45) is 0 Å². The predicted octanol–water partition coefficient (Wildman–Crippen LogP) is 2.18. The van der Waals surface area contributed by atoms with E-state index >= 15 is 0 Å². The van der Waals surface area contributed by atoms with Crippen molar-refractivity contribution in [2.45, 2.75) is 0 Å². The van der Waals surface area contributed by atoms with E-state index in [9.17, 15) is 9.59 Å². The fourth-order valence-corrected chi connectivity index (χ4v) is 1.49. The molecule has 0 radical (unpaired) electrons. The molecule has 0 saturated carbocycles. The average molecular weight is 184 g/mol. The second-order valence-electron chi connectivity index (χ2n) is 3.04. The number of carbonyl (C=O) groups excluding carboxylic acids is 2. The number of benzene rings is 1. The summed E-state index contributed by atoms with van der Waals surface area (Å²) in [5, 5.41) is 0. The summed E-state index contributed by atoms with van der Waals surface area (Å²) in [6, 6.07) is 6.81. The Morgan fingerprint density at radius 2 is 1.71 bits per heavy atom. The first-order valence-electron chi connectivity index (χ1n) is 4.26. The summed E-state index contributed by atoms with van der Waals surface area (Å²) in [6.07, 6.45) is 2.74. The van der Waals surface area contributed by atoms with Gasteiger partial charge in [0.2, 0.25) is 0 Å². The van der Waals surface area contributed by atoms with E-state index < -0.39 is 0 Å². The van der Waals surface area contributed by atoms with Crippen LogP contribution < -0.4 is 0 Å². The van der Waals surface area contributed by atoms with Gasteiger partial charge in [0.15, 0.2) is 11.6 Å². The van der Waals surface area contributed by atoms with Crippen molar-refractivity contribution in [1.82, 2.24) is 0 Å². The van der Waals surface area contributed by atoms with Gasteiger partial charge in [0.05, 0.1) is 0 Å². The molecule has 0 unspecified atom stereocenters. The Morgan fingerprint density at radius 1 is 1.07 bits per heavy atom. The molecular weight excluding hydrogens is 176 g/mol. The molecule has 1 aromatic rings. The van der Waals surface area contributed by atoms with E-state index in [2.05, 4.69) is 6.58 Å². The zero-order valence-corrected chi connectivity index (χ0v) is 7.49. The van der Waals surface area contributed by atoms with Crippen LogP contribution in [-0.4, -0.2) is 11.6 Å². The summed E-state index contributed by atoms with van der Waals surface area (Å²) < 4.78 is 0. The Morgan fingerprint density at radius 3 is 2.36 bits per heavy atom. The highest BCUT2D eigenvalue weighted by atomic mass is 16.1. The molecule has 0 fully saturated rings. The lowest BCUT2D eigenvalue weighted by molar-refractivity contribution is 0.0987. The van der Waals surface area contributed by atoms with Crippen molar-refractivity contribution in [1.29, 1.82) is 0 Å². The van der Waals surface area contributed by atoms with Gasteiger partial charge in [0.1, 0.15) is 0 Å². The third-order valence-corrected chi connectivity index (χ3v) is 2.21. The molecule has 0 amide bonds. The smallest absolute Gasteiger partial charge is 0.193 e. The quantitative estimate of drug-likeness (QED) is 0.670. The second-order valence-corrected chi connectivity index (χ2v) is 3.04. The number of rotatable bonds is 1. The minimum atomic E-state index is -0.130. The van der Waals surface area contributed by atoms with Crippen LogP contribution in [0.4, 0.5) is 0 Å². The Kier molecular flexibility index (Phi) is 1.89. The fraction of sp³-hybridized carbons (Fsp3) is 0. The summed E-state index contributed by atoms with van der Waals surface area (Å²) in [6.45, 7) is 3.50. The molecule has 14 heavy (non-hydrogen) atoms. The van der Waals surface area contributed by atoms with Crippen LogP contribution in [0.1, 0.15) is 20.7 Å². The van der Waals surface area contributed by atoms with E-state index in [0.29, 0.717) is 16.7 Å². The molecule has 2 heteroatoms. The maximum absolute atomic E-state index is 11.7. The lowest BCUT2D eigenvalue weighted by Gasteiger charge is -2.11. The Balaban J connectivity index is 2.66. The van der Waals surface area contributed by atoms with Gasteiger partial charge in [-0.2, -0.15) is 0 Å². The van der Waals surface area contributed by atoms with Crippen molar-refractivity contribution in [2.75, 3.05) is 0 Å². The van der Waals surface area contributed by atoms with E-state index in [1.165, 1.54) is 12.2 Å². The van der Waals surface area contributed by atoms with Gasteiger partial charge < -0.3 is 0 Å². The van der Waals surface area contributed by atoms with Gasteiger partial charge in [0, 0.05) is 16.7 Å². The zero-order chi connectivity index (χ0) is 10.1. The molecule has 0 atom stereocenters. The maximum atomic E-state index is 11.7. The second kappa shape index (κ2) is 3.07. The molecular formula is C12H8O2. The first kappa shape index (κ1) is 8.63. The lowest BCUT2D eigenvalue weighted by Crippen LogP contribution is -2.15. The number of hydrogen-bond donors (Lipinski definition) is 0. The number of carbonyl (C=O) groups is 2. The largest absolute Gasteiger partial charge is 0.289 e. The molecule has 0 bridgehead atoms. The van der Waals surface area contributed by atoms with E-state index in [4.69, 9.17) is 0 Å². The predicted molar refractivity (Wildman–Crippen MR) is 53.4 cm³/mol. The van der Waals surface area contributed by atoms with Crippen LogP contribution in [0.3, 0.4) is 0 Å². The van der Waals surface area contributed by atoms with Gasteiger partial charge in [-0.15, -0.1) is 0 Å². The third-order valence-electron chi connectivity index (χ3n) is 2.21. The molecule has 0 aliphatic heterocycles. The van der Waals surface area contributed by atoms with E-state index in [1.54, 1.807) is 24.3 Å². The van der Waals surface area contributed by atoms with Crippen molar-refractivity contribution >= 4 is 11.6 Å². The van der Waals surface area contributed by atoms with Crippen molar-refractivity contribution in [3.63, 3.8) is 0 Å². The SMILES string of the molecule is C=CC1=CC(=O)c2ccccc2C1=O. The normalized spacial score (nSPS) is 14.7. The van der Waals surface area contributed by atoms with Crippen LogP contribution >= 0.6 is 0 Å². The highest BCUT2D eigenvalue weighted by molar-refractivity contribution is 6.25. The molecule has 2 nitrogen and oxygen atoms in total. The Labute approximate surface area is 81.6 Å². The Bertz CT molecular complexity index is 467. The van der Waals surface area contributed by atoms with Gasteiger partial charge in [-0.1, -0.05) is 36.9 Å². The van der Waals surface area contributed by atoms with Crippen molar-refractivity contribution < 1.29 is 9.59 Å². The minimum Gasteiger partial charge on any atom is -0.289 e. The fourth-order valence-electron chi connectivity index (χ4n) is 1.49. The monoisotopic (exact) mass is 184 g/mol. The van der Waals surface area contributed by atoms with Crippen LogP contribution in [0.25, 0.3) is 0 Å². The molecule has 1 aromatic carbocycles. The van der Waals surface area contributed by atoms with Gasteiger partial charge in [-0.3, -0.25) is 9.59 Å². The van der Waals surface area contributed by atoms with E-state index in [-0.39, 0.29) is 11.6 Å². The lowest BCUT2D eigenvalue weighted by atomic mass is 9.90. The van der Waals surface area contributed by atoms with Crippen LogP contribution in [0.15, 0.2) is 48.6 Å². The molecule has 0 N–H and O–H groups in total. The maximum Gasteiger partial charge on any atom is 0.193 e. The van der Waals surface area contributed by atoms with E-state index in [0.717, 1.165) is 0 Å². The summed E-state index contributed by atoms with van der Waals surface area (Å²) >= 11 is 0. The standard InChI is InChI=1S/C12H8O2/c1-2-8-7-11(13)9-5-3-4-6-10(9)12(8)14/h2-7H,1H2. The molecule has 0 heterocycles. The number of ketones is 2. The van der Waals surface area contributed by atoms with Gasteiger partial charge in [-0.25, -0.2) is 0 Å². The van der Waals surface area contributed by atoms with Crippen LogP contribution in [0, 0.1) is 0 Å². The topological polar surface area (TPSA) is 34.1 Å². The minimum absolute atomic E-state index is 0.129. The number of hydrogen-bond acceptors (Lipinski definition) is 2. The van der Waals surface area contributed by atoms with Gasteiger partial charge in [-0.05, 0) is 6.08 Å². The highest BCUT2D eigenvalue weighted by Crippen LogP contribution is 2.21. The van der Waals surface area contributed by atoms with Crippen LogP contribution in [0.2, 0.25) is 0 Å². The van der Waals surface area contributed by atoms with Crippen molar-refractivity contribution in [3.05, 3.63) is 59.7 Å². The summed E-state index contributed by atoms with van der Waals surface area (Å²) in [7, 11) is 0. The molecule has 2 rings (SSSR count). The molecule has 1 aliphatic carbocycles. The van der Waals surface area contributed by atoms with Gasteiger partial charge >= 0.3 is 0 Å². The molecule has 0 saturated heterocycles. The first-order chi connectivity index (χ1) is 6.74. The Hall–Kier alpha value is -1.96. The zero-order valence-electron chi connectivity index (χ0n) is 7.49. The third kappa shape index (κ3) is 1.12. The number of allylic oxidation sites excluding steroid dienone is 3. The first-order valence-corrected chi connectivity index (χ1v) is 4.26. The molecule has 1 aliphatic rings. The molecule has 0 aromatic heterocycles. The number of fused-ring (bicyclic) bond motifs is 1. The summed E-state index contributed by atoms with van der Waals surface area (Å²) in [5.74, 6) is -0.259. The van der Waals surface area contributed by atoms with Crippen LogP contribution in [-0.2, 0) is 0 Å². The molecule has 0 spiro atoms.